The van der Waals surface area contributed by atoms with Crippen LogP contribution in [0.1, 0.15) is 23.9 Å². The Balaban J connectivity index is 2.18. The molecule has 1 atom stereocenters. The van der Waals surface area contributed by atoms with Gasteiger partial charge in [-0.25, -0.2) is 4.98 Å². The predicted octanol–water partition coefficient (Wildman–Crippen LogP) is 2.61. The first-order valence-corrected chi connectivity index (χ1v) is 6.18. The summed E-state index contributed by atoms with van der Waals surface area (Å²) in [5.74, 6) is 2.48. The fraction of sp³-hybridized carbons (Fsp3) is 0.364. The molecule has 1 aliphatic rings. The molecule has 0 radical (unpaired) electrons. The van der Waals surface area contributed by atoms with E-state index in [0.29, 0.717) is 5.25 Å². The number of fused-ring (bicyclic) bond motifs is 1. The maximum absolute atomic E-state index is 9.81. The van der Waals surface area contributed by atoms with E-state index < -0.39 is 0 Å². The number of hydrogen-bond donors (Lipinski definition) is 1. The van der Waals surface area contributed by atoms with Gasteiger partial charge in [-0.3, -0.25) is 4.40 Å². The molecule has 1 N–H and O–H groups in total. The molecule has 1 saturated heterocycles. The molecule has 0 aliphatic carbocycles. The molecule has 1 fully saturated rings. The van der Waals surface area contributed by atoms with Crippen molar-refractivity contribution in [3.05, 3.63) is 30.2 Å². The van der Waals surface area contributed by atoms with Crippen LogP contribution in [-0.2, 0) is 0 Å². The average molecular weight is 220 g/mol. The van der Waals surface area contributed by atoms with Crippen LogP contribution in [0, 0.1) is 0 Å². The molecule has 3 nitrogen and oxygen atoms in total. The lowest BCUT2D eigenvalue weighted by Gasteiger charge is -2.08. The van der Waals surface area contributed by atoms with E-state index in [1.54, 1.807) is 6.07 Å². The topological polar surface area (TPSA) is 37.5 Å². The predicted molar refractivity (Wildman–Crippen MR) is 61.3 cm³/mol. The SMILES string of the molecule is Oc1cccc2cnc(C3CCCS3)n12. The van der Waals surface area contributed by atoms with E-state index in [-0.39, 0.29) is 5.88 Å². The standard InChI is InChI=1S/C11H12N2OS/c14-10-5-1-3-8-7-12-11(13(8)10)9-4-2-6-15-9/h1,3,5,7,9,14H,2,4,6H2. The molecule has 2 aromatic heterocycles. The fourth-order valence-electron chi connectivity index (χ4n) is 2.06. The van der Waals surface area contributed by atoms with Gasteiger partial charge in [-0.2, -0.15) is 11.8 Å². The van der Waals surface area contributed by atoms with Crippen LogP contribution in [0.2, 0.25) is 0 Å². The van der Waals surface area contributed by atoms with E-state index in [9.17, 15) is 5.11 Å². The number of imidazole rings is 1. The van der Waals surface area contributed by atoms with E-state index >= 15 is 0 Å². The molecule has 3 rings (SSSR count). The second-order valence-corrected chi connectivity index (χ2v) is 5.07. The molecule has 15 heavy (non-hydrogen) atoms. The van der Waals surface area contributed by atoms with Crippen molar-refractivity contribution < 1.29 is 5.11 Å². The van der Waals surface area contributed by atoms with Gasteiger partial charge < -0.3 is 5.11 Å². The summed E-state index contributed by atoms with van der Waals surface area (Å²) >= 11 is 1.93. The van der Waals surface area contributed by atoms with Gasteiger partial charge in [-0.1, -0.05) is 6.07 Å². The van der Waals surface area contributed by atoms with Crippen molar-refractivity contribution in [3.8, 4) is 5.88 Å². The van der Waals surface area contributed by atoms with Crippen LogP contribution in [-0.4, -0.2) is 20.2 Å². The van der Waals surface area contributed by atoms with Crippen LogP contribution >= 0.6 is 11.8 Å². The zero-order chi connectivity index (χ0) is 10.3. The van der Waals surface area contributed by atoms with Crippen molar-refractivity contribution in [3.63, 3.8) is 0 Å². The number of aromatic hydroxyl groups is 1. The lowest BCUT2D eigenvalue weighted by Crippen LogP contribution is -1.97. The molecule has 2 aromatic rings. The van der Waals surface area contributed by atoms with Gasteiger partial charge in [-0.15, -0.1) is 0 Å². The quantitative estimate of drug-likeness (QED) is 0.802. The maximum atomic E-state index is 9.81. The fourth-order valence-corrected chi connectivity index (χ4v) is 3.33. The summed E-state index contributed by atoms with van der Waals surface area (Å²) in [5.41, 5.74) is 0.970. The van der Waals surface area contributed by atoms with E-state index in [1.807, 2.05) is 34.5 Å². The van der Waals surface area contributed by atoms with E-state index in [0.717, 1.165) is 17.8 Å². The maximum Gasteiger partial charge on any atom is 0.197 e. The van der Waals surface area contributed by atoms with E-state index in [1.165, 1.54) is 12.2 Å². The second-order valence-electron chi connectivity index (χ2n) is 3.76. The first-order valence-electron chi connectivity index (χ1n) is 5.13. The Morgan fingerprint density at radius 3 is 3.20 bits per heavy atom. The van der Waals surface area contributed by atoms with Crippen molar-refractivity contribution in [1.82, 2.24) is 9.38 Å². The zero-order valence-electron chi connectivity index (χ0n) is 8.26. The van der Waals surface area contributed by atoms with Crippen molar-refractivity contribution >= 4 is 17.3 Å². The van der Waals surface area contributed by atoms with E-state index in [2.05, 4.69) is 4.98 Å². The number of hydrogen-bond acceptors (Lipinski definition) is 3. The third-order valence-corrected chi connectivity index (χ3v) is 4.15. The highest BCUT2D eigenvalue weighted by Gasteiger charge is 2.22. The van der Waals surface area contributed by atoms with Crippen molar-refractivity contribution in [1.29, 1.82) is 0 Å². The smallest absolute Gasteiger partial charge is 0.197 e. The summed E-state index contributed by atoms with van der Waals surface area (Å²) in [6.45, 7) is 0. The Labute approximate surface area is 92.1 Å². The first kappa shape index (κ1) is 9.09. The Morgan fingerprint density at radius 1 is 1.47 bits per heavy atom. The highest BCUT2D eigenvalue weighted by molar-refractivity contribution is 7.99. The van der Waals surface area contributed by atoms with Gasteiger partial charge in [0.05, 0.1) is 17.0 Å². The molecule has 0 amide bonds. The first-order chi connectivity index (χ1) is 7.36. The zero-order valence-corrected chi connectivity index (χ0v) is 9.07. The minimum atomic E-state index is 0.285. The second kappa shape index (κ2) is 3.45. The van der Waals surface area contributed by atoms with Gasteiger partial charge in [0.15, 0.2) is 5.88 Å². The molecule has 0 aromatic carbocycles. The number of aromatic nitrogens is 2. The van der Waals surface area contributed by atoms with E-state index in [4.69, 9.17) is 0 Å². The molecular weight excluding hydrogens is 208 g/mol. The molecule has 3 heterocycles. The van der Waals surface area contributed by atoms with Crippen LogP contribution in [0.3, 0.4) is 0 Å². The minimum Gasteiger partial charge on any atom is -0.494 e. The van der Waals surface area contributed by atoms with Gasteiger partial charge in [0.1, 0.15) is 5.82 Å². The Bertz CT molecular complexity index is 488. The van der Waals surface area contributed by atoms with Gasteiger partial charge >= 0.3 is 0 Å². The molecule has 78 valence electrons. The number of rotatable bonds is 1. The van der Waals surface area contributed by atoms with Crippen LogP contribution in [0.25, 0.3) is 5.52 Å². The largest absolute Gasteiger partial charge is 0.494 e. The third-order valence-electron chi connectivity index (χ3n) is 2.78. The molecule has 1 unspecified atom stereocenters. The summed E-state index contributed by atoms with van der Waals surface area (Å²) < 4.78 is 1.85. The number of pyridine rings is 1. The monoisotopic (exact) mass is 220 g/mol. The van der Waals surface area contributed by atoms with Crippen LogP contribution in [0.5, 0.6) is 5.88 Å². The van der Waals surface area contributed by atoms with Crippen LogP contribution in [0.4, 0.5) is 0 Å². The average Bonchev–Trinajstić information content (AvgIpc) is 2.85. The summed E-state index contributed by atoms with van der Waals surface area (Å²) in [5, 5.41) is 10.3. The van der Waals surface area contributed by atoms with Crippen molar-refractivity contribution in [2.24, 2.45) is 0 Å². The summed E-state index contributed by atoms with van der Waals surface area (Å²) in [6.07, 6.45) is 4.24. The molecule has 0 saturated carbocycles. The van der Waals surface area contributed by atoms with Gasteiger partial charge in [0, 0.05) is 0 Å². The lowest BCUT2D eigenvalue weighted by atomic mass is 10.2. The molecule has 0 spiro atoms. The highest BCUT2D eigenvalue weighted by atomic mass is 32.2. The van der Waals surface area contributed by atoms with Crippen molar-refractivity contribution in [2.45, 2.75) is 18.1 Å². The summed E-state index contributed by atoms with van der Waals surface area (Å²) in [7, 11) is 0. The summed E-state index contributed by atoms with van der Waals surface area (Å²) in [4.78, 5) is 4.42. The Hall–Kier alpha value is -1.16. The molecular formula is C11H12N2OS. The van der Waals surface area contributed by atoms with Crippen LogP contribution in [0.15, 0.2) is 24.4 Å². The molecule has 4 heteroatoms. The molecule has 1 aliphatic heterocycles. The Kier molecular flexibility index (Phi) is 2.09. The third kappa shape index (κ3) is 1.40. The normalized spacial score (nSPS) is 21.2. The number of nitrogens with zero attached hydrogens (tertiary/aromatic N) is 2. The number of thioether (sulfide) groups is 1. The molecule has 0 bridgehead atoms. The minimum absolute atomic E-state index is 0.285. The highest BCUT2D eigenvalue weighted by Crippen LogP contribution is 2.39. The van der Waals surface area contributed by atoms with Gasteiger partial charge in [-0.05, 0) is 30.7 Å². The van der Waals surface area contributed by atoms with Gasteiger partial charge in [0.2, 0.25) is 0 Å². The summed E-state index contributed by atoms with van der Waals surface area (Å²) in [6, 6.07) is 5.52. The van der Waals surface area contributed by atoms with Gasteiger partial charge in [0.25, 0.3) is 0 Å². The Morgan fingerprint density at radius 2 is 2.40 bits per heavy atom. The van der Waals surface area contributed by atoms with Crippen LogP contribution < -0.4 is 0 Å². The van der Waals surface area contributed by atoms with Crippen molar-refractivity contribution in [2.75, 3.05) is 5.75 Å². The lowest BCUT2D eigenvalue weighted by molar-refractivity contribution is 0.442.